The zero-order valence-corrected chi connectivity index (χ0v) is 21.4. The van der Waals surface area contributed by atoms with Crippen LogP contribution < -0.4 is 5.32 Å². The molecule has 0 heterocycles. The van der Waals surface area contributed by atoms with Crippen molar-refractivity contribution < 1.29 is 13.2 Å². The molecule has 0 aromatic heterocycles. The lowest BCUT2D eigenvalue weighted by atomic mass is 10.0. The number of nitrogens with one attached hydrogen (secondary N) is 1. The van der Waals surface area contributed by atoms with Crippen LogP contribution in [0.2, 0.25) is 0 Å². The molecule has 1 amide bonds. The highest BCUT2D eigenvalue weighted by Gasteiger charge is 2.29. The van der Waals surface area contributed by atoms with Crippen LogP contribution in [-0.4, -0.2) is 31.7 Å². The molecule has 3 aromatic carbocycles. The predicted octanol–water partition coefficient (Wildman–Crippen LogP) is 5.61. The van der Waals surface area contributed by atoms with E-state index in [9.17, 15) is 13.2 Å². The molecule has 0 saturated heterocycles. The number of carbonyl (C=O) groups excluding carboxylic acids is 1. The molecule has 180 valence electrons. The Labute approximate surface area is 203 Å². The first-order chi connectivity index (χ1) is 16.1. The molecular formula is C28H34N2O3S. The summed E-state index contributed by atoms with van der Waals surface area (Å²) in [4.78, 5) is 13.2. The Hall–Kier alpha value is -2.96. The molecular weight excluding hydrogens is 444 g/mol. The van der Waals surface area contributed by atoms with Crippen LogP contribution in [0.3, 0.4) is 0 Å². The molecule has 0 saturated carbocycles. The first kappa shape index (κ1) is 25.7. The van der Waals surface area contributed by atoms with Gasteiger partial charge in [-0.2, -0.15) is 4.31 Å². The molecule has 3 aromatic rings. The maximum Gasteiger partial charge on any atom is 0.244 e. The summed E-state index contributed by atoms with van der Waals surface area (Å²) in [5, 5.41) is 2.85. The van der Waals surface area contributed by atoms with E-state index in [2.05, 4.69) is 19.2 Å². The van der Waals surface area contributed by atoms with Gasteiger partial charge in [-0.05, 0) is 67.5 Å². The summed E-state index contributed by atoms with van der Waals surface area (Å²) < 4.78 is 28.8. The van der Waals surface area contributed by atoms with E-state index in [1.807, 2.05) is 73.7 Å². The third-order valence-corrected chi connectivity index (χ3v) is 8.03. The largest absolute Gasteiger partial charge is 0.325 e. The Morgan fingerprint density at radius 1 is 0.912 bits per heavy atom. The molecule has 0 spiro atoms. The number of aryl methyl sites for hydroxylation is 3. The van der Waals surface area contributed by atoms with Crippen molar-refractivity contribution in [3.05, 3.63) is 94.5 Å². The normalized spacial score (nSPS) is 11.7. The van der Waals surface area contributed by atoms with Crippen molar-refractivity contribution in [2.24, 2.45) is 0 Å². The van der Waals surface area contributed by atoms with Gasteiger partial charge in [0.05, 0.1) is 11.4 Å². The monoisotopic (exact) mass is 478 g/mol. The second-order valence-electron chi connectivity index (χ2n) is 9.13. The molecule has 0 unspecified atom stereocenters. The first-order valence-corrected chi connectivity index (χ1v) is 13.0. The van der Waals surface area contributed by atoms with Crippen molar-refractivity contribution in [2.75, 3.05) is 18.4 Å². The average molecular weight is 479 g/mol. The van der Waals surface area contributed by atoms with Crippen molar-refractivity contribution in [3.8, 4) is 0 Å². The molecule has 0 radical (unpaired) electrons. The van der Waals surface area contributed by atoms with Gasteiger partial charge in [0.25, 0.3) is 0 Å². The average Bonchev–Trinajstić information content (AvgIpc) is 2.76. The fourth-order valence-electron chi connectivity index (χ4n) is 4.20. The van der Waals surface area contributed by atoms with Gasteiger partial charge in [-0.1, -0.05) is 74.0 Å². The third-order valence-electron chi connectivity index (χ3n) is 5.88. The first-order valence-electron chi connectivity index (χ1n) is 11.6. The molecule has 0 fully saturated rings. The molecule has 0 aliphatic rings. The molecule has 5 nitrogen and oxygen atoms in total. The lowest BCUT2D eigenvalue weighted by Gasteiger charge is -2.24. The highest BCUT2D eigenvalue weighted by atomic mass is 32.2. The smallest absolute Gasteiger partial charge is 0.244 e. The maximum absolute atomic E-state index is 13.8. The topological polar surface area (TPSA) is 66.5 Å². The minimum Gasteiger partial charge on any atom is -0.325 e. The van der Waals surface area contributed by atoms with Crippen molar-refractivity contribution in [1.82, 2.24) is 4.31 Å². The van der Waals surface area contributed by atoms with E-state index < -0.39 is 10.0 Å². The Morgan fingerprint density at radius 3 is 2.06 bits per heavy atom. The van der Waals surface area contributed by atoms with E-state index in [-0.39, 0.29) is 23.9 Å². The van der Waals surface area contributed by atoms with Gasteiger partial charge in [-0.15, -0.1) is 0 Å². The van der Waals surface area contributed by atoms with Gasteiger partial charge in [0, 0.05) is 12.2 Å². The highest BCUT2D eigenvalue weighted by Crippen LogP contribution is 2.26. The van der Waals surface area contributed by atoms with E-state index >= 15 is 0 Å². The van der Waals surface area contributed by atoms with Gasteiger partial charge in [0.2, 0.25) is 15.9 Å². The highest BCUT2D eigenvalue weighted by molar-refractivity contribution is 7.89. The van der Waals surface area contributed by atoms with Gasteiger partial charge < -0.3 is 5.32 Å². The summed E-state index contributed by atoms with van der Waals surface area (Å²) in [5.74, 6) is 0.0284. The molecule has 0 atom stereocenters. The summed E-state index contributed by atoms with van der Waals surface area (Å²) in [7, 11) is -3.88. The molecule has 0 aliphatic carbocycles. The quantitative estimate of drug-likeness (QED) is 0.435. The summed E-state index contributed by atoms with van der Waals surface area (Å²) in [6.45, 7) is 9.72. The molecule has 6 heteroatoms. The van der Waals surface area contributed by atoms with E-state index in [1.165, 1.54) is 9.87 Å². The summed E-state index contributed by atoms with van der Waals surface area (Å²) >= 11 is 0. The number of sulfonamides is 1. The SMILES string of the molecule is Cc1cc(C)c(S(=O)(=O)N(CCc2ccccc2)CC(=O)Nc2ccc(C(C)C)cc2)c(C)c1. The number of hydrogen-bond acceptors (Lipinski definition) is 3. The number of nitrogens with zero attached hydrogens (tertiary/aromatic N) is 1. The number of rotatable bonds is 9. The number of benzene rings is 3. The van der Waals surface area contributed by atoms with Gasteiger partial charge >= 0.3 is 0 Å². The maximum atomic E-state index is 13.8. The third kappa shape index (κ3) is 6.33. The van der Waals surface area contributed by atoms with E-state index in [1.54, 1.807) is 13.8 Å². The van der Waals surface area contributed by atoms with E-state index in [4.69, 9.17) is 0 Å². The summed E-state index contributed by atoms with van der Waals surface area (Å²) in [5.41, 5.74) is 5.23. The summed E-state index contributed by atoms with van der Waals surface area (Å²) in [6.07, 6.45) is 0.514. The minimum absolute atomic E-state index is 0.207. The van der Waals surface area contributed by atoms with Crippen LogP contribution >= 0.6 is 0 Å². The fourth-order valence-corrected chi connectivity index (χ4v) is 6.01. The van der Waals surface area contributed by atoms with Crippen LogP contribution in [0.25, 0.3) is 0 Å². The molecule has 1 N–H and O–H groups in total. The molecule has 34 heavy (non-hydrogen) atoms. The molecule has 0 aliphatic heterocycles. The van der Waals surface area contributed by atoms with E-state index in [0.717, 1.165) is 11.1 Å². The van der Waals surface area contributed by atoms with Crippen molar-refractivity contribution in [3.63, 3.8) is 0 Å². The number of carbonyl (C=O) groups is 1. The Balaban J connectivity index is 1.86. The van der Waals surface area contributed by atoms with Crippen LogP contribution in [-0.2, 0) is 21.2 Å². The zero-order chi connectivity index (χ0) is 24.9. The predicted molar refractivity (Wildman–Crippen MR) is 139 cm³/mol. The lowest BCUT2D eigenvalue weighted by molar-refractivity contribution is -0.116. The second kappa shape index (κ2) is 11.0. The van der Waals surface area contributed by atoms with Gasteiger partial charge in [0.1, 0.15) is 0 Å². The Bertz CT molecular complexity index is 1210. The zero-order valence-electron chi connectivity index (χ0n) is 20.6. The molecule has 0 bridgehead atoms. The minimum atomic E-state index is -3.88. The number of hydrogen-bond donors (Lipinski definition) is 1. The lowest BCUT2D eigenvalue weighted by Crippen LogP contribution is -2.39. The van der Waals surface area contributed by atoms with E-state index in [0.29, 0.717) is 29.2 Å². The second-order valence-corrected chi connectivity index (χ2v) is 11.0. The van der Waals surface area contributed by atoms with Gasteiger partial charge in [0.15, 0.2) is 0 Å². The van der Waals surface area contributed by atoms with Crippen molar-refractivity contribution in [2.45, 2.75) is 51.9 Å². The van der Waals surface area contributed by atoms with Gasteiger partial charge in [-0.25, -0.2) is 8.42 Å². The van der Waals surface area contributed by atoms with Crippen molar-refractivity contribution in [1.29, 1.82) is 0 Å². The Morgan fingerprint density at radius 2 is 1.50 bits per heavy atom. The van der Waals surface area contributed by atoms with Crippen molar-refractivity contribution >= 4 is 21.6 Å². The number of anilines is 1. The van der Waals surface area contributed by atoms with Crippen LogP contribution in [0.15, 0.2) is 71.6 Å². The number of amides is 1. The fraction of sp³-hybridized carbons (Fsp3) is 0.321. The van der Waals surface area contributed by atoms with Crippen LogP contribution in [0, 0.1) is 20.8 Å². The summed E-state index contributed by atoms with van der Waals surface area (Å²) in [6, 6.07) is 21.1. The van der Waals surface area contributed by atoms with Gasteiger partial charge in [-0.3, -0.25) is 4.79 Å². The van der Waals surface area contributed by atoms with Crippen LogP contribution in [0.1, 0.15) is 47.6 Å². The molecule has 3 rings (SSSR count). The van der Waals surface area contributed by atoms with Crippen LogP contribution in [0.4, 0.5) is 5.69 Å². The standard InChI is InChI=1S/C28H34N2O3S/c1-20(2)25-11-13-26(14-12-25)29-27(31)19-30(16-15-24-9-7-6-8-10-24)34(32,33)28-22(4)17-21(3)18-23(28)5/h6-14,17-18,20H,15-16,19H2,1-5H3,(H,29,31). The Kier molecular flexibility index (Phi) is 8.28. The van der Waals surface area contributed by atoms with Crippen LogP contribution in [0.5, 0.6) is 0 Å².